The van der Waals surface area contributed by atoms with Crippen molar-refractivity contribution >= 4 is 17.6 Å². The summed E-state index contributed by atoms with van der Waals surface area (Å²) in [6, 6.07) is 7.19. The molecule has 1 aliphatic rings. The van der Waals surface area contributed by atoms with E-state index in [9.17, 15) is 4.79 Å². The molecule has 1 unspecified atom stereocenters. The molecule has 5 nitrogen and oxygen atoms in total. The van der Waals surface area contributed by atoms with Crippen molar-refractivity contribution in [2.24, 2.45) is 5.92 Å². The molecule has 0 bridgehead atoms. The molecule has 1 aliphatic carbocycles. The lowest BCUT2D eigenvalue weighted by Crippen LogP contribution is -2.16. The summed E-state index contributed by atoms with van der Waals surface area (Å²) in [5, 5.41) is 4.89. The van der Waals surface area contributed by atoms with E-state index in [1.165, 1.54) is 0 Å². The van der Waals surface area contributed by atoms with Gasteiger partial charge in [0.1, 0.15) is 5.82 Å². The van der Waals surface area contributed by atoms with Gasteiger partial charge in [-0.25, -0.2) is 14.5 Å². The van der Waals surface area contributed by atoms with E-state index in [1.54, 1.807) is 23.7 Å². The first-order valence-corrected chi connectivity index (χ1v) is 8.03. The number of aryl methyl sites for hydroxylation is 1. The van der Waals surface area contributed by atoms with Crippen molar-refractivity contribution in [1.82, 2.24) is 14.8 Å². The first kappa shape index (κ1) is 15.7. The van der Waals surface area contributed by atoms with Gasteiger partial charge in [0, 0.05) is 5.02 Å². The number of rotatable bonds is 4. The largest absolute Gasteiger partial charge is 0.459 e. The lowest BCUT2D eigenvalue weighted by molar-refractivity contribution is 0.0418. The highest BCUT2D eigenvalue weighted by atomic mass is 35.5. The molecule has 0 radical (unpaired) electrons. The molecule has 0 saturated heterocycles. The Labute approximate surface area is 139 Å². The van der Waals surface area contributed by atoms with Crippen molar-refractivity contribution < 1.29 is 9.53 Å². The first-order chi connectivity index (χ1) is 11.1. The quantitative estimate of drug-likeness (QED) is 0.632. The minimum atomic E-state index is -0.477. The molecule has 1 aromatic heterocycles. The van der Waals surface area contributed by atoms with E-state index in [0.29, 0.717) is 23.4 Å². The summed E-state index contributed by atoms with van der Waals surface area (Å²) in [5.74, 6) is 0.627. The van der Waals surface area contributed by atoms with Gasteiger partial charge in [0.05, 0.1) is 12.3 Å². The maximum atomic E-state index is 12.1. The Balaban J connectivity index is 1.68. The van der Waals surface area contributed by atoms with Gasteiger partial charge in [0.25, 0.3) is 5.82 Å². The zero-order chi connectivity index (χ0) is 16.2. The Kier molecular flexibility index (Phi) is 4.76. The Morgan fingerprint density at radius 3 is 2.83 bits per heavy atom. The molecule has 0 N–H and O–H groups in total. The third kappa shape index (κ3) is 3.79. The number of halogens is 1. The number of hydrogen-bond donors (Lipinski definition) is 0. The fourth-order valence-corrected chi connectivity index (χ4v) is 2.70. The van der Waals surface area contributed by atoms with Crippen LogP contribution in [0, 0.1) is 12.8 Å². The van der Waals surface area contributed by atoms with Gasteiger partial charge in [-0.3, -0.25) is 0 Å². The molecule has 1 aromatic carbocycles. The van der Waals surface area contributed by atoms with Gasteiger partial charge in [-0.2, -0.15) is 0 Å². The number of hydrogen-bond acceptors (Lipinski definition) is 4. The van der Waals surface area contributed by atoms with Crippen molar-refractivity contribution in [3.8, 4) is 5.69 Å². The zero-order valence-electron chi connectivity index (χ0n) is 12.9. The average molecular weight is 332 g/mol. The third-order valence-corrected chi connectivity index (χ3v) is 4.10. The van der Waals surface area contributed by atoms with Crippen LogP contribution in [0.5, 0.6) is 0 Å². The molecule has 0 amide bonds. The summed E-state index contributed by atoms with van der Waals surface area (Å²) < 4.78 is 6.97. The van der Waals surface area contributed by atoms with Crippen LogP contribution in [0.1, 0.15) is 35.7 Å². The summed E-state index contributed by atoms with van der Waals surface area (Å²) in [6.45, 7) is 2.21. The third-order valence-electron chi connectivity index (χ3n) is 3.85. The minimum absolute atomic E-state index is 0.0869. The van der Waals surface area contributed by atoms with Gasteiger partial charge in [-0.05, 0) is 56.4 Å². The minimum Gasteiger partial charge on any atom is -0.459 e. The molecule has 1 heterocycles. The van der Waals surface area contributed by atoms with E-state index in [0.717, 1.165) is 24.9 Å². The van der Waals surface area contributed by atoms with Gasteiger partial charge >= 0.3 is 5.97 Å². The summed E-state index contributed by atoms with van der Waals surface area (Å²) in [5.41, 5.74) is 0.802. The molecule has 1 atom stereocenters. The van der Waals surface area contributed by atoms with E-state index in [2.05, 4.69) is 22.2 Å². The number of esters is 1. The Morgan fingerprint density at radius 2 is 2.13 bits per heavy atom. The predicted molar refractivity (Wildman–Crippen MR) is 87.9 cm³/mol. The van der Waals surface area contributed by atoms with Gasteiger partial charge < -0.3 is 4.74 Å². The second-order valence-electron chi connectivity index (χ2n) is 5.62. The lowest BCUT2D eigenvalue weighted by atomic mass is 9.95. The smallest absolute Gasteiger partial charge is 0.378 e. The number of ether oxygens (including phenoxy) is 1. The fraction of sp³-hybridized carbons (Fsp3) is 0.353. The van der Waals surface area contributed by atoms with E-state index >= 15 is 0 Å². The fourth-order valence-electron chi connectivity index (χ4n) is 2.57. The SMILES string of the molecule is Cc1nc(C(=O)OCC2CC=CCC2)nn1-c1ccc(Cl)cc1. The maximum Gasteiger partial charge on any atom is 0.378 e. The Bertz CT molecular complexity index is 722. The number of benzene rings is 1. The van der Waals surface area contributed by atoms with Crippen LogP contribution in [0.15, 0.2) is 36.4 Å². The molecule has 0 aliphatic heterocycles. The van der Waals surface area contributed by atoms with Crippen molar-refractivity contribution in [3.05, 3.63) is 53.1 Å². The normalized spacial score (nSPS) is 17.2. The van der Waals surface area contributed by atoms with Crippen molar-refractivity contribution in [1.29, 1.82) is 0 Å². The summed E-state index contributed by atoms with van der Waals surface area (Å²) in [6.07, 6.45) is 7.36. The second-order valence-corrected chi connectivity index (χ2v) is 6.06. The standard InChI is InChI=1S/C17H18ClN3O2/c1-12-19-16(17(22)23-11-13-5-3-2-4-6-13)20-21(12)15-9-7-14(18)8-10-15/h2-3,7-10,13H,4-6,11H2,1H3. The maximum absolute atomic E-state index is 12.1. The Hall–Kier alpha value is -2.14. The number of carbonyl (C=O) groups excluding carboxylic acids is 1. The predicted octanol–water partition coefficient (Wildman–Crippen LogP) is 3.74. The van der Waals surface area contributed by atoms with E-state index in [4.69, 9.17) is 16.3 Å². The van der Waals surface area contributed by atoms with Crippen LogP contribution in [-0.2, 0) is 4.74 Å². The Morgan fingerprint density at radius 1 is 1.35 bits per heavy atom. The van der Waals surface area contributed by atoms with Crippen LogP contribution < -0.4 is 0 Å². The van der Waals surface area contributed by atoms with Gasteiger partial charge in [-0.15, -0.1) is 5.10 Å². The highest BCUT2D eigenvalue weighted by Crippen LogP contribution is 2.19. The van der Waals surface area contributed by atoms with E-state index in [1.807, 2.05) is 12.1 Å². The molecule has 0 spiro atoms. The molecular formula is C17H18ClN3O2. The molecule has 120 valence electrons. The molecule has 3 rings (SSSR count). The average Bonchev–Trinajstić information content (AvgIpc) is 2.96. The molecule has 23 heavy (non-hydrogen) atoms. The highest BCUT2D eigenvalue weighted by Gasteiger charge is 2.19. The van der Waals surface area contributed by atoms with E-state index < -0.39 is 5.97 Å². The molecule has 0 fully saturated rings. The summed E-state index contributed by atoms with van der Waals surface area (Å²) in [4.78, 5) is 16.3. The first-order valence-electron chi connectivity index (χ1n) is 7.65. The second kappa shape index (κ2) is 6.96. The monoisotopic (exact) mass is 331 g/mol. The zero-order valence-corrected chi connectivity index (χ0v) is 13.7. The highest BCUT2D eigenvalue weighted by molar-refractivity contribution is 6.30. The molecule has 2 aromatic rings. The van der Waals surface area contributed by atoms with Gasteiger partial charge in [0.2, 0.25) is 0 Å². The van der Waals surface area contributed by atoms with Crippen LogP contribution in [0.2, 0.25) is 5.02 Å². The lowest BCUT2D eigenvalue weighted by Gasteiger charge is -2.16. The van der Waals surface area contributed by atoms with Gasteiger partial charge in [0.15, 0.2) is 0 Å². The van der Waals surface area contributed by atoms with Crippen LogP contribution in [0.3, 0.4) is 0 Å². The topological polar surface area (TPSA) is 57.0 Å². The van der Waals surface area contributed by atoms with Crippen LogP contribution >= 0.6 is 11.6 Å². The number of nitrogens with zero attached hydrogens (tertiary/aromatic N) is 3. The van der Waals surface area contributed by atoms with Crippen molar-refractivity contribution in [2.75, 3.05) is 6.61 Å². The summed E-state index contributed by atoms with van der Waals surface area (Å²) >= 11 is 5.89. The van der Waals surface area contributed by atoms with Crippen LogP contribution in [0.4, 0.5) is 0 Å². The van der Waals surface area contributed by atoms with Crippen LogP contribution in [-0.4, -0.2) is 27.3 Å². The molecular weight excluding hydrogens is 314 g/mol. The number of carbonyl (C=O) groups is 1. The molecule has 0 saturated carbocycles. The van der Waals surface area contributed by atoms with Crippen molar-refractivity contribution in [2.45, 2.75) is 26.2 Å². The molecule has 6 heteroatoms. The van der Waals surface area contributed by atoms with Gasteiger partial charge in [-0.1, -0.05) is 23.8 Å². The number of allylic oxidation sites excluding steroid dienone is 2. The number of aromatic nitrogens is 3. The van der Waals surface area contributed by atoms with Crippen molar-refractivity contribution in [3.63, 3.8) is 0 Å². The van der Waals surface area contributed by atoms with E-state index in [-0.39, 0.29) is 5.82 Å². The van der Waals surface area contributed by atoms with Crippen LogP contribution in [0.25, 0.3) is 5.69 Å². The summed E-state index contributed by atoms with van der Waals surface area (Å²) in [7, 11) is 0.